The third kappa shape index (κ3) is 4.55. The number of nitrogens with one attached hydrogen (secondary N) is 1. The van der Waals surface area contributed by atoms with Crippen molar-refractivity contribution in [2.75, 3.05) is 16.8 Å². The van der Waals surface area contributed by atoms with Crippen LogP contribution < -0.4 is 5.32 Å². The summed E-state index contributed by atoms with van der Waals surface area (Å²) < 4.78 is 0.834. The standard InChI is InChI=1S/C11H15BrN2O2S/c1-3-17-7-8(2)13-10-6-9(12)4-5-11(10)14(15)16/h4-6,8,13H,3,7H2,1-2H3. The van der Waals surface area contributed by atoms with Crippen molar-refractivity contribution in [1.29, 1.82) is 0 Å². The van der Waals surface area contributed by atoms with Crippen LogP contribution in [0, 0.1) is 10.1 Å². The highest BCUT2D eigenvalue weighted by atomic mass is 79.9. The summed E-state index contributed by atoms with van der Waals surface area (Å²) in [6.45, 7) is 4.12. The number of benzene rings is 1. The number of thioether (sulfide) groups is 1. The molecule has 0 fully saturated rings. The molecule has 0 radical (unpaired) electrons. The second-order valence-corrected chi connectivity index (χ2v) is 5.86. The first kappa shape index (κ1) is 14.3. The Balaban J connectivity index is 2.81. The summed E-state index contributed by atoms with van der Waals surface area (Å²) in [5.74, 6) is 1.98. The Morgan fingerprint density at radius 3 is 2.88 bits per heavy atom. The molecule has 0 saturated heterocycles. The number of hydrogen-bond acceptors (Lipinski definition) is 4. The Hall–Kier alpha value is -0.750. The summed E-state index contributed by atoms with van der Waals surface area (Å²) in [6.07, 6.45) is 0. The fraction of sp³-hybridized carbons (Fsp3) is 0.455. The van der Waals surface area contributed by atoms with Gasteiger partial charge in [-0.25, -0.2) is 0 Å². The largest absolute Gasteiger partial charge is 0.376 e. The van der Waals surface area contributed by atoms with Gasteiger partial charge in [-0.2, -0.15) is 11.8 Å². The lowest BCUT2D eigenvalue weighted by Crippen LogP contribution is -2.18. The van der Waals surface area contributed by atoms with Gasteiger partial charge in [-0.15, -0.1) is 0 Å². The molecule has 1 aromatic rings. The van der Waals surface area contributed by atoms with Crippen molar-refractivity contribution in [3.63, 3.8) is 0 Å². The maximum absolute atomic E-state index is 10.9. The van der Waals surface area contributed by atoms with E-state index in [2.05, 4.69) is 28.2 Å². The van der Waals surface area contributed by atoms with Crippen LogP contribution in [0.2, 0.25) is 0 Å². The number of rotatable bonds is 6. The van der Waals surface area contributed by atoms with E-state index >= 15 is 0 Å². The molecule has 0 saturated carbocycles. The van der Waals surface area contributed by atoms with Crippen LogP contribution >= 0.6 is 27.7 Å². The van der Waals surface area contributed by atoms with Crippen molar-refractivity contribution in [2.24, 2.45) is 0 Å². The monoisotopic (exact) mass is 318 g/mol. The SMILES string of the molecule is CCSCC(C)Nc1cc(Br)ccc1[N+](=O)[O-]. The zero-order chi connectivity index (χ0) is 12.8. The van der Waals surface area contributed by atoms with Gasteiger partial charge < -0.3 is 5.32 Å². The molecule has 0 spiro atoms. The minimum Gasteiger partial charge on any atom is -0.376 e. The molecule has 4 nitrogen and oxygen atoms in total. The predicted molar refractivity (Wildman–Crippen MR) is 76.9 cm³/mol. The first-order valence-electron chi connectivity index (χ1n) is 5.32. The number of nitrogens with zero attached hydrogens (tertiary/aromatic N) is 1. The number of anilines is 1. The predicted octanol–water partition coefficient (Wildman–Crippen LogP) is 3.91. The van der Waals surface area contributed by atoms with Crippen LogP contribution in [0.3, 0.4) is 0 Å². The van der Waals surface area contributed by atoms with E-state index in [0.29, 0.717) is 5.69 Å². The molecule has 1 aromatic carbocycles. The molecule has 94 valence electrons. The molecule has 1 N–H and O–H groups in total. The molecule has 1 atom stereocenters. The van der Waals surface area contributed by atoms with Crippen LogP contribution in [0.5, 0.6) is 0 Å². The third-order valence-corrected chi connectivity index (χ3v) is 3.77. The molecule has 1 rings (SSSR count). The fourth-order valence-corrected chi connectivity index (χ4v) is 2.42. The van der Waals surface area contributed by atoms with Gasteiger partial charge >= 0.3 is 0 Å². The summed E-state index contributed by atoms with van der Waals surface area (Å²) >= 11 is 5.13. The van der Waals surface area contributed by atoms with Crippen LogP contribution in [0.25, 0.3) is 0 Å². The van der Waals surface area contributed by atoms with Crippen molar-refractivity contribution in [1.82, 2.24) is 0 Å². The van der Waals surface area contributed by atoms with Crippen molar-refractivity contribution in [3.8, 4) is 0 Å². The second kappa shape index (κ2) is 6.86. The van der Waals surface area contributed by atoms with Gasteiger partial charge in [-0.1, -0.05) is 22.9 Å². The van der Waals surface area contributed by atoms with E-state index in [1.807, 2.05) is 18.7 Å². The average Bonchev–Trinajstić information content (AvgIpc) is 2.26. The van der Waals surface area contributed by atoms with Gasteiger partial charge in [0.05, 0.1) is 4.92 Å². The molecule has 6 heteroatoms. The maximum Gasteiger partial charge on any atom is 0.292 e. The quantitative estimate of drug-likeness (QED) is 0.638. The number of nitro benzene ring substituents is 1. The number of nitro groups is 1. The Kier molecular flexibility index (Phi) is 5.77. The minimum absolute atomic E-state index is 0.113. The molecular formula is C11H15BrN2O2S. The summed E-state index contributed by atoms with van der Waals surface area (Å²) in [4.78, 5) is 10.5. The summed E-state index contributed by atoms with van der Waals surface area (Å²) in [6, 6.07) is 5.12. The highest BCUT2D eigenvalue weighted by Gasteiger charge is 2.15. The Labute approximate surface area is 113 Å². The van der Waals surface area contributed by atoms with Crippen LogP contribution in [0.15, 0.2) is 22.7 Å². The minimum atomic E-state index is -0.367. The average molecular weight is 319 g/mol. The lowest BCUT2D eigenvalue weighted by molar-refractivity contribution is -0.384. The molecule has 1 unspecified atom stereocenters. The molecule has 0 bridgehead atoms. The van der Waals surface area contributed by atoms with Crippen molar-refractivity contribution in [3.05, 3.63) is 32.8 Å². The van der Waals surface area contributed by atoms with E-state index in [0.717, 1.165) is 16.0 Å². The third-order valence-electron chi connectivity index (χ3n) is 2.13. The Morgan fingerprint density at radius 2 is 2.29 bits per heavy atom. The molecule has 0 aliphatic carbocycles. The van der Waals surface area contributed by atoms with Crippen molar-refractivity contribution >= 4 is 39.1 Å². The van der Waals surface area contributed by atoms with Crippen molar-refractivity contribution in [2.45, 2.75) is 19.9 Å². The van der Waals surface area contributed by atoms with Crippen LogP contribution in [0.1, 0.15) is 13.8 Å². The lowest BCUT2D eigenvalue weighted by atomic mass is 10.2. The van der Waals surface area contributed by atoms with Gasteiger partial charge in [0.15, 0.2) is 0 Å². The van der Waals surface area contributed by atoms with E-state index in [9.17, 15) is 10.1 Å². The molecular weight excluding hydrogens is 304 g/mol. The first-order chi connectivity index (χ1) is 8.04. The van der Waals surface area contributed by atoms with Crippen molar-refractivity contribution < 1.29 is 4.92 Å². The normalized spacial score (nSPS) is 12.2. The molecule has 0 aliphatic rings. The van der Waals surface area contributed by atoms with Gasteiger partial charge in [0.25, 0.3) is 5.69 Å². The smallest absolute Gasteiger partial charge is 0.292 e. The van der Waals surface area contributed by atoms with Gasteiger partial charge in [0.2, 0.25) is 0 Å². The van der Waals surface area contributed by atoms with E-state index in [-0.39, 0.29) is 16.7 Å². The number of hydrogen-bond donors (Lipinski definition) is 1. The highest BCUT2D eigenvalue weighted by molar-refractivity contribution is 9.10. The zero-order valence-electron chi connectivity index (χ0n) is 9.77. The number of halogens is 1. The summed E-state index contributed by atoms with van der Waals surface area (Å²) in [5, 5.41) is 14.0. The first-order valence-corrected chi connectivity index (χ1v) is 7.27. The topological polar surface area (TPSA) is 55.2 Å². The van der Waals surface area contributed by atoms with E-state index in [1.54, 1.807) is 12.1 Å². The Bertz CT molecular complexity index is 401. The molecule has 0 amide bonds. The molecule has 0 heterocycles. The summed E-state index contributed by atoms with van der Waals surface area (Å²) in [5.41, 5.74) is 0.676. The van der Waals surface area contributed by atoms with Gasteiger partial charge in [0.1, 0.15) is 5.69 Å². The maximum atomic E-state index is 10.9. The lowest BCUT2D eigenvalue weighted by Gasteiger charge is -2.14. The summed E-state index contributed by atoms with van der Waals surface area (Å²) in [7, 11) is 0. The Morgan fingerprint density at radius 1 is 1.59 bits per heavy atom. The van der Waals surface area contributed by atoms with E-state index in [1.165, 1.54) is 6.07 Å². The van der Waals surface area contributed by atoms with Gasteiger partial charge in [-0.3, -0.25) is 10.1 Å². The van der Waals surface area contributed by atoms with Crippen LogP contribution in [-0.4, -0.2) is 22.5 Å². The van der Waals surface area contributed by atoms with Crippen LogP contribution in [-0.2, 0) is 0 Å². The molecule has 0 aliphatic heterocycles. The molecule has 0 aromatic heterocycles. The van der Waals surface area contributed by atoms with Gasteiger partial charge in [0, 0.05) is 22.3 Å². The zero-order valence-corrected chi connectivity index (χ0v) is 12.2. The van der Waals surface area contributed by atoms with Crippen LogP contribution in [0.4, 0.5) is 11.4 Å². The van der Waals surface area contributed by atoms with Gasteiger partial charge in [-0.05, 0) is 24.8 Å². The fourth-order valence-electron chi connectivity index (χ4n) is 1.38. The highest BCUT2D eigenvalue weighted by Crippen LogP contribution is 2.28. The van der Waals surface area contributed by atoms with E-state index in [4.69, 9.17) is 0 Å². The van der Waals surface area contributed by atoms with E-state index < -0.39 is 0 Å². The second-order valence-electron chi connectivity index (χ2n) is 3.62. The molecule has 17 heavy (non-hydrogen) atoms.